The van der Waals surface area contributed by atoms with Gasteiger partial charge in [0, 0.05) is 25.7 Å². The lowest BCUT2D eigenvalue weighted by atomic mass is 10.2. The van der Waals surface area contributed by atoms with E-state index in [1.165, 1.54) is 0 Å². The van der Waals surface area contributed by atoms with Gasteiger partial charge in [-0.3, -0.25) is 9.69 Å². The summed E-state index contributed by atoms with van der Waals surface area (Å²) in [5.74, 6) is -0.813. The van der Waals surface area contributed by atoms with E-state index in [1.54, 1.807) is 7.11 Å². The molecule has 2 atom stereocenters. The lowest BCUT2D eigenvalue weighted by molar-refractivity contribution is -0.138. The number of aliphatic carboxylic acids is 1. The third kappa shape index (κ3) is 4.61. The predicted molar refractivity (Wildman–Crippen MR) is 64.1 cm³/mol. The maximum atomic E-state index is 10.4. The molecule has 0 aromatic rings. The van der Waals surface area contributed by atoms with E-state index in [1.807, 2.05) is 0 Å². The number of likely N-dealkylation sites (tertiary alicyclic amines) is 1. The molecule has 1 saturated heterocycles. The molecule has 0 bridgehead atoms. The van der Waals surface area contributed by atoms with E-state index in [0.717, 1.165) is 13.0 Å². The molecular weight excluding hydrogens is 222 g/mol. The van der Waals surface area contributed by atoms with Crippen molar-refractivity contribution in [2.24, 2.45) is 0 Å². The van der Waals surface area contributed by atoms with Crippen molar-refractivity contribution in [2.45, 2.75) is 44.9 Å². The molecule has 1 fully saturated rings. The highest BCUT2D eigenvalue weighted by Crippen LogP contribution is 2.22. The average molecular weight is 245 g/mol. The lowest BCUT2D eigenvalue weighted by Gasteiger charge is -2.27. The van der Waals surface area contributed by atoms with E-state index in [9.17, 15) is 4.79 Å². The predicted octanol–water partition coefficient (Wildman–Crippen LogP) is 0.975. The number of ether oxygens (including phenoxy) is 2. The fourth-order valence-corrected chi connectivity index (χ4v) is 2.24. The van der Waals surface area contributed by atoms with Crippen LogP contribution in [0.2, 0.25) is 0 Å². The number of carbonyl (C=O) groups is 1. The minimum atomic E-state index is -0.813. The van der Waals surface area contributed by atoms with Crippen LogP contribution in [0.1, 0.15) is 26.7 Å². The molecule has 100 valence electrons. The van der Waals surface area contributed by atoms with Crippen molar-refractivity contribution in [1.29, 1.82) is 0 Å². The van der Waals surface area contributed by atoms with E-state index in [-0.39, 0.29) is 19.1 Å². The number of rotatable bonds is 7. The molecule has 0 radical (unpaired) electrons. The monoisotopic (exact) mass is 245 g/mol. The normalized spacial score (nSPS) is 25.6. The molecule has 0 spiro atoms. The zero-order valence-corrected chi connectivity index (χ0v) is 10.9. The number of nitrogens with zero attached hydrogens (tertiary/aromatic N) is 1. The molecule has 0 aromatic heterocycles. The minimum absolute atomic E-state index is 0.0715. The highest BCUT2D eigenvalue weighted by atomic mass is 16.5. The van der Waals surface area contributed by atoms with Crippen LogP contribution >= 0.6 is 0 Å². The van der Waals surface area contributed by atoms with E-state index in [2.05, 4.69) is 18.7 Å². The highest BCUT2D eigenvalue weighted by Gasteiger charge is 2.33. The average Bonchev–Trinajstić information content (AvgIpc) is 2.67. The molecule has 1 aliphatic heterocycles. The quantitative estimate of drug-likeness (QED) is 0.677. The highest BCUT2D eigenvalue weighted by molar-refractivity contribution is 5.66. The van der Waals surface area contributed by atoms with Gasteiger partial charge in [-0.05, 0) is 20.3 Å². The van der Waals surface area contributed by atoms with Crippen LogP contribution in [0.15, 0.2) is 0 Å². The molecule has 0 aliphatic carbocycles. The van der Waals surface area contributed by atoms with Crippen molar-refractivity contribution in [3.8, 4) is 0 Å². The summed E-state index contributed by atoms with van der Waals surface area (Å²) in [5, 5.41) is 8.52. The fraction of sp³-hybridized carbons (Fsp3) is 0.917. The van der Waals surface area contributed by atoms with Gasteiger partial charge in [-0.1, -0.05) is 0 Å². The molecule has 0 saturated carbocycles. The van der Waals surface area contributed by atoms with Crippen molar-refractivity contribution in [3.05, 3.63) is 0 Å². The Morgan fingerprint density at radius 3 is 2.76 bits per heavy atom. The van der Waals surface area contributed by atoms with Crippen LogP contribution in [0.4, 0.5) is 0 Å². The number of methoxy groups -OCH3 is 1. The minimum Gasteiger partial charge on any atom is -0.481 e. The van der Waals surface area contributed by atoms with Crippen molar-refractivity contribution in [2.75, 3.05) is 26.9 Å². The van der Waals surface area contributed by atoms with Crippen LogP contribution < -0.4 is 0 Å². The third-order valence-electron chi connectivity index (χ3n) is 3.19. The summed E-state index contributed by atoms with van der Waals surface area (Å²) in [6.07, 6.45) is 1.30. The molecule has 0 unspecified atom stereocenters. The largest absolute Gasteiger partial charge is 0.481 e. The smallest absolute Gasteiger partial charge is 0.305 e. The molecule has 0 amide bonds. The molecular formula is C12H23NO4. The van der Waals surface area contributed by atoms with Crippen molar-refractivity contribution >= 4 is 5.97 Å². The second-order valence-corrected chi connectivity index (χ2v) is 4.76. The van der Waals surface area contributed by atoms with Crippen molar-refractivity contribution in [1.82, 2.24) is 4.90 Å². The Hall–Kier alpha value is -0.650. The maximum absolute atomic E-state index is 10.4. The van der Waals surface area contributed by atoms with Crippen LogP contribution in [-0.4, -0.2) is 61.0 Å². The standard InChI is InChI=1S/C12H23NO4/c1-9(2)13-7-11(16-3)6-10(13)8-17-5-4-12(14)15/h9-11H,4-8H2,1-3H3,(H,14,15)/t10-,11+/m0/s1. The van der Waals surface area contributed by atoms with E-state index >= 15 is 0 Å². The van der Waals surface area contributed by atoms with Gasteiger partial charge in [0.25, 0.3) is 0 Å². The Morgan fingerprint density at radius 1 is 1.53 bits per heavy atom. The molecule has 1 N–H and O–H groups in total. The first-order valence-corrected chi connectivity index (χ1v) is 6.12. The Kier molecular flexibility index (Phi) is 5.88. The Balaban J connectivity index is 2.32. The third-order valence-corrected chi connectivity index (χ3v) is 3.19. The van der Waals surface area contributed by atoms with Crippen molar-refractivity contribution in [3.63, 3.8) is 0 Å². The first kappa shape index (κ1) is 14.4. The Bertz CT molecular complexity index is 245. The van der Waals surface area contributed by atoms with Gasteiger partial charge >= 0.3 is 5.97 Å². The molecule has 5 heteroatoms. The molecule has 1 heterocycles. The number of hydrogen-bond donors (Lipinski definition) is 1. The van der Waals surface area contributed by atoms with Crippen LogP contribution in [0.3, 0.4) is 0 Å². The first-order valence-electron chi connectivity index (χ1n) is 6.12. The maximum Gasteiger partial charge on any atom is 0.305 e. The van der Waals surface area contributed by atoms with E-state index < -0.39 is 5.97 Å². The van der Waals surface area contributed by atoms with Gasteiger partial charge in [-0.2, -0.15) is 0 Å². The van der Waals surface area contributed by atoms with Gasteiger partial charge in [0.1, 0.15) is 0 Å². The first-order chi connectivity index (χ1) is 8.04. The van der Waals surface area contributed by atoms with Crippen molar-refractivity contribution < 1.29 is 19.4 Å². The second-order valence-electron chi connectivity index (χ2n) is 4.76. The number of carboxylic acids is 1. The summed E-state index contributed by atoms with van der Waals surface area (Å²) in [6, 6.07) is 0.803. The molecule has 1 rings (SSSR count). The van der Waals surface area contributed by atoms with Gasteiger partial charge in [-0.25, -0.2) is 0 Å². The topological polar surface area (TPSA) is 59.0 Å². The summed E-state index contributed by atoms with van der Waals surface area (Å²) in [4.78, 5) is 12.7. The van der Waals surface area contributed by atoms with Crippen LogP contribution in [0, 0.1) is 0 Å². The molecule has 1 aliphatic rings. The second kappa shape index (κ2) is 6.93. The summed E-state index contributed by atoms with van der Waals surface area (Å²) >= 11 is 0. The van der Waals surface area contributed by atoms with Gasteiger partial charge in [-0.15, -0.1) is 0 Å². The summed E-state index contributed by atoms with van der Waals surface area (Å²) < 4.78 is 10.8. The van der Waals surface area contributed by atoms with Gasteiger partial charge in [0.05, 0.1) is 25.7 Å². The van der Waals surface area contributed by atoms with E-state index in [4.69, 9.17) is 14.6 Å². The molecule has 5 nitrogen and oxygen atoms in total. The van der Waals surface area contributed by atoms with Gasteiger partial charge < -0.3 is 14.6 Å². The van der Waals surface area contributed by atoms with E-state index in [0.29, 0.717) is 18.7 Å². The summed E-state index contributed by atoms with van der Waals surface area (Å²) in [7, 11) is 1.73. The molecule has 17 heavy (non-hydrogen) atoms. The Morgan fingerprint density at radius 2 is 2.24 bits per heavy atom. The van der Waals surface area contributed by atoms with Gasteiger partial charge in [0.2, 0.25) is 0 Å². The molecule has 0 aromatic carbocycles. The van der Waals surface area contributed by atoms with Crippen LogP contribution in [0.25, 0.3) is 0 Å². The lowest BCUT2D eigenvalue weighted by Crippen LogP contribution is -2.38. The summed E-state index contributed by atoms with van der Waals surface area (Å²) in [6.45, 7) is 6.12. The zero-order valence-electron chi connectivity index (χ0n) is 10.9. The SMILES string of the molecule is CO[C@@H]1C[C@@H](COCCC(=O)O)N(C(C)C)C1. The van der Waals surface area contributed by atoms with Crippen LogP contribution in [0.5, 0.6) is 0 Å². The summed E-state index contributed by atoms with van der Waals surface area (Å²) in [5.41, 5.74) is 0. The van der Waals surface area contributed by atoms with Crippen LogP contribution in [-0.2, 0) is 14.3 Å². The fourth-order valence-electron chi connectivity index (χ4n) is 2.24. The zero-order chi connectivity index (χ0) is 12.8. The number of hydrogen-bond acceptors (Lipinski definition) is 4. The van der Waals surface area contributed by atoms with Gasteiger partial charge in [0.15, 0.2) is 0 Å². The number of carboxylic acid groups (broad SMARTS) is 1. The Labute approximate surface area is 103 Å².